The molecule has 8 heteroatoms. The Labute approximate surface area is 113 Å². The molecule has 0 radical (unpaired) electrons. The van der Waals surface area contributed by atoms with Crippen molar-refractivity contribution in [1.29, 1.82) is 0 Å². The van der Waals surface area contributed by atoms with E-state index >= 15 is 0 Å². The molecule has 1 N–H and O–H groups in total. The fraction of sp³-hybridized carbons (Fsp3) is 0.818. The summed E-state index contributed by atoms with van der Waals surface area (Å²) in [5.74, 6) is -1.03. The van der Waals surface area contributed by atoms with Crippen LogP contribution in [0, 0.1) is 0 Å². The highest BCUT2D eigenvalue weighted by atomic mass is 32.2. The van der Waals surface area contributed by atoms with E-state index in [0.29, 0.717) is 12.8 Å². The largest absolute Gasteiger partial charge is 0.480 e. The van der Waals surface area contributed by atoms with Gasteiger partial charge >= 0.3 is 12.0 Å². The van der Waals surface area contributed by atoms with Gasteiger partial charge in [-0.05, 0) is 12.8 Å². The maximum Gasteiger partial charge on any atom is 0.326 e. The number of amides is 2. The summed E-state index contributed by atoms with van der Waals surface area (Å²) in [5.41, 5.74) is 0. The van der Waals surface area contributed by atoms with Gasteiger partial charge in [0.15, 0.2) is 9.84 Å². The van der Waals surface area contributed by atoms with Crippen molar-refractivity contribution >= 4 is 21.8 Å². The topological polar surface area (TPSA) is 95.0 Å². The van der Waals surface area contributed by atoms with Crippen molar-refractivity contribution in [2.75, 3.05) is 25.6 Å². The number of carbonyl (C=O) groups excluding carboxylic acids is 1. The van der Waals surface area contributed by atoms with Gasteiger partial charge in [-0.3, -0.25) is 0 Å². The van der Waals surface area contributed by atoms with Gasteiger partial charge in [0.2, 0.25) is 0 Å². The molecule has 7 nitrogen and oxygen atoms in total. The molecule has 2 amide bonds. The van der Waals surface area contributed by atoms with Crippen LogP contribution >= 0.6 is 0 Å². The molecule has 0 aromatic rings. The summed E-state index contributed by atoms with van der Waals surface area (Å²) in [6, 6.07) is -1.73. The van der Waals surface area contributed by atoms with Gasteiger partial charge in [-0.25, -0.2) is 18.0 Å². The summed E-state index contributed by atoms with van der Waals surface area (Å²) in [6.45, 7) is 1.68. The molecule has 1 aliphatic rings. The van der Waals surface area contributed by atoms with Gasteiger partial charge in [-0.1, -0.05) is 6.92 Å². The number of carboxylic acid groups (broad SMARTS) is 1. The normalized spacial score (nSPS) is 22.8. The van der Waals surface area contributed by atoms with Gasteiger partial charge < -0.3 is 14.9 Å². The third-order valence-electron chi connectivity index (χ3n) is 3.50. The van der Waals surface area contributed by atoms with E-state index in [1.807, 2.05) is 0 Å². The van der Waals surface area contributed by atoms with Crippen molar-refractivity contribution in [3.05, 3.63) is 0 Å². The molecule has 0 spiro atoms. The second kappa shape index (κ2) is 5.77. The first kappa shape index (κ1) is 15.7. The minimum absolute atomic E-state index is 0.0487. The summed E-state index contributed by atoms with van der Waals surface area (Å²) in [6.07, 6.45) is 0.705. The lowest BCUT2D eigenvalue weighted by Gasteiger charge is -2.31. The zero-order valence-electron chi connectivity index (χ0n) is 11.4. The fourth-order valence-corrected chi connectivity index (χ4v) is 4.01. The van der Waals surface area contributed by atoms with Crippen LogP contribution in [0.3, 0.4) is 0 Å². The number of nitrogens with zero attached hydrogens (tertiary/aromatic N) is 2. The van der Waals surface area contributed by atoms with Crippen molar-refractivity contribution in [2.24, 2.45) is 0 Å². The SMILES string of the molecule is CCC(C(=O)O)N(C)C(=O)N(C)C1CCS(=O)(=O)C1. The number of urea groups is 1. The Morgan fingerprint density at radius 3 is 2.32 bits per heavy atom. The Hall–Kier alpha value is -1.31. The van der Waals surface area contributed by atoms with E-state index in [0.717, 1.165) is 4.90 Å². The molecule has 1 aliphatic heterocycles. The summed E-state index contributed by atoms with van der Waals surface area (Å²) in [7, 11) is -0.137. The molecule has 0 saturated carbocycles. The van der Waals surface area contributed by atoms with Gasteiger partial charge in [0, 0.05) is 20.1 Å². The Kier molecular flexibility index (Phi) is 4.78. The molecular weight excluding hydrogens is 272 g/mol. The van der Waals surface area contributed by atoms with Crippen LogP contribution in [0.2, 0.25) is 0 Å². The van der Waals surface area contributed by atoms with Crippen molar-refractivity contribution in [3.63, 3.8) is 0 Å². The molecule has 1 fully saturated rings. The van der Waals surface area contributed by atoms with Crippen molar-refractivity contribution in [2.45, 2.75) is 31.8 Å². The Balaban J connectivity index is 2.74. The van der Waals surface area contributed by atoms with Gasteiger partial charge in [0.1, 0.15) is 6.04 Å². The van der Waals surface area contributed by atoms with Crippen LogP contribution in [0.4, 0.5) is 4.79 Å². The highest BCUT2D eigenvalue weighted by molar-refractivity contribution is 7.91. The van der Waals surface area contributed by atoms with Crippen LogP contribution in [0.1, 0.15) is 19.8 Å². The maximum absolute atomic E-state index is 12.1. The zero-order chi connectivity index (χ0) is 14.8. The summed E-state index contributed by atoms with van der Waals surface area (Å²) in [5, 5.41) is 9.01. The Bertz CT molecular complexity index is 462. The molecule has 110 valence electrons. The Morgan fingerprint density at radius 2 is 1.95 bits per heavy atom. The molecule has 1 rings (SSSR count). The summed E-state index contributed by atoms with van der Waals surface area (Å²) in [4.78, 5) is 25.6. The van der Waals surface area contributed by atoms with E-state index in [9.17, 15) is 18.0 Å². The third-order valence-corrected chi connectivity index (χ3v) is 5.25. The summed E-state index contributed by atoms with van der Waals surface area (Å²) < 4.78 is 22.8. The van der Waals surface area contributed by atoms with Gasteiger partial charge in [0.05, 0.1) is 11.5 Å². The average Bonchev–Trinajstić information content (AvgIpc) is 2.68. The molecule has 2 unspecified atom stereocenters. The van der Waals surface area contributed by atoms with Crippen LogP contribution in [0.15, 0.2) is 0 Å². The molecular formula is C11H20N2O5S. The second-order valence-corrected chi connectivity index (χ2v) is 7.05. The number of aliphatic carboxylic acids is 1. The molecule has 2 atom stereocenters. The van der Waals surface area contributed by atoms with E-state index in [-0.39, 0.29) is 17.5 Å². The molecule has 1 saturated heterocycles. The number of carboxylic acids is 1. The van der Waals surface area contributed by atoms with Crippen molar-refractivity contribution < 1.29 is 23.1 Å². The zero-order valence-corrected chi connectivity index (χ0v) is 12.2. The van der Waals surface area contributed by atoms with Crippen molar-refractivity contribution in [3.8, 4) is 0 Å². The summed E-state index contributed by atoms with van der Waals surface area (Å²) >= 11 is 0. The number of hydrogen-bond acceptors (Lipinski definition) is 4. The number of sulfone groups is 1. The minimum atomic E-state index is -3.07. The number of carbonyl (C=O) groups is 2. The van der Waals surface area contributed by atoms with E-state index in [1.54, 1.807) is 6.92 Å². The molecule has 0 aromatic heterocycles. The van der Waals surface area contributed by atoms with Crippen LogP contribution in [-0.4, -0.2) is 73.0 Å². The standard InChI is InChI=1S/C11H20N2O5S/c1-4-9(10(14)15)13(3)11(16)12(2)8-5-6-19(17,18)7-8/h8-9H,4-7H2,1-3H3,(H,14,15). The lowest BCUT2D eigenvalue weighted by Crippen LogP contribution is -2.50. The first-order chi connectivity index (χ1) is 8.69. The first-order valence-electron chi connectivity index (χ1n) is 6.12. The molecule has 0 bridgehead atoms. The van der Waals surface area contributed by atoms with Gasteiger partial charge in [0.25, 0.3) is 0 Å². The van der Waals surface area contributed by atoms with E-state index in [4.69, 9.17) is 5.11 Å². The maximum atomic E-state index is 12.1. The van der Waals surface area contributed by atoms with Gasteiger partial charge in [-0.15, -0.1) is 0 Å². The molecule has 19 heavy (non-hydrogen) atoms. The van der Waals surface area contributed by atoms with Crippen LogP contribution in [-0.2, 0) is 14.6 Å². The highest BCUT2D eigenvalue weighted by Gasteiger charge is 2.35. The van der Waals surface area contributed by atoms with Crippen LogP contribution < -0.4 is 0 Å². The molecule has 1 heterocycles. The number of likely N-dealkylation sites (N-methyl/N-ethyl adjacent to an activating group) is 1. The fourth-order valence-electron chi connectivity index (χ4n) is 2.23. The lowest BCUT2D eigenvalue weighted by atomic mass is 10.2. The minimum Gasteiger partial charge on any atom is -0.480 e. The first-order valence-corrected chi connectivity index (χ1v) is 7.94. The highest BCUT2D eigenvalue weighted by Crippen LogP contribution is 2.18. The van der Waals surface area contributed by atoms with Crippen LogP contribution in [0.25, 0.3) is 0 Å². The number of rotatable bonds is 4. The van der Waals surface area contributed by atoms with Crippen LogP contribution in [0.5, 0.6) is 0 Å². The van der Waals surface area contributed by atoms with E-state index in [2.05, 4.69) is 0 Å². The predicted molar refractivity (Wildman–Crippen MR) is 69.7 cm³/mol. The molecule has 0 aromatic carbocycles. The second-order valence-electron chi connectivity index (χ2n) is 4.82. The predicted octanol–water partition coefficient (Wildman–Crippen LogP) is 0.0203. The quantitative estimate of drug-likeness (QED) is 0.788. The van der Waals surface area contributed by atoms with Crippen molar-refractivity contribution in [1.82, 2.24) is 9.80 Å². The smallest absolute Gasteiger partial charge is 0.326 e. The van der Waals surface area contributed by atoms with E-state index < -0.39 is 27.9 Å². The monoisotopic (exact) mass is 292 g/mol. The van der Waals surface area contributed by atoms with E-state index in [1.165, 1.54) is 19.0 Å². The number of hydrogen-bond donors (Lipinski definition) is 1. The molecule has 0 aliphatic carbocycles. The average molecular weight is 292 g/mol. The Morgan fingerprint density at radius 1 is 1.37 bits per heavy atom. The third kappa shape index (κ3) is 3.59. The van der Waals surface area contributed by atoms with Gasteiger partial charge in [-0.2, -0.15) is 0 Å². The lowest BCUT2D eigenvalue weighted by molar-refractivity contribution is -0.142.